The molecule has 0 saturated heterocycles. The van der Waals surface area contributed by atoms with Gasteiger partial charge in [-0.2, -0.15) is 13.2 Å². The molecule has 1 aliphatic carbocycles. The molecule has 3 rings (SSSR count). The Balaban J connectivity index is 1.63. The number of nitrogens with one attached hydrogen (secondary N) is 1. The van der Waals surface area contributed by atoms with Crippen LogP contribution in [0.5, 0.6) is 0 Å². The molecule has 0 unspecified atom stereocenters. The topological polar surface area (TPSA) is 24.9 Å². The number of benzene rings is 1. The van der Waals surface area contributed by atoms with Gasteiger partial charge in [-0.15, -0.1) is 0 Å². The summed E-state index contributed by atoms with van der Waals surface area (Å²) in [4.78, 5) is 3.43. The van der Waals surface area contributed by atoms with Crippen LogP contribution in [-0.2, 0) is 12.7 Å². The van der Waals surface area contributed by atoms with Crippen molar-refractivity contribution >= 4 is 5.69 Å². The van der Waals surface area contributed by atoms with Gasteiger partial charge < -0.3 is 5.32 Å². The van der Waals surface area contributed by atoms with Crippen LogP contribution in [0.15, 0.2) is 42.6 Å². The zero-order valence-electron chi connectivity index (χ0n) is 11.3. The molecule has 1 fully saturated rings. The highest BCUT2D eigenvalue weighted by atomic mass is 19.4. The minimum atomic E-state index is -4.39. The van der Waals surface area contributed by atoms with E-state index in [1.165, 1.54) is 30.7 Å². The molecule has 5 heteroatoms. The van der Waals surface area contributed by atoms with Crippen LogP contribution >= 0.6 is 0 Å². The fourth-order valence-corrected chi connectivity index (χ4v) is 2.24. The molecule has 21 heavy (non-hydrogen) atoms. The largest absolute Gasteiger partial charge is 0.433 e. The minimum Gasteiger partial charge on any atom is -0.380 e. The van der Waals surface area contributed by atoms with Gasteiger partial charge in [0, 0.05) is 6.54 Å². The predicted molar refractivity (Wildman–Crippen MR) is 75.0 cm³/mol. The predicted octanol–water partition coefficient (Wildman–Crippen LogP) is 4.59. The van der Waals surface area contributed by atoms with Gasteiger partial charge in [0.05, 0.1) is 11.9 Å². The summed E-state index contributed by atoms with van der Waals surface area (Å²) in [5, 5.41) is 3.10. The number of pyridine rings is 1. The molecule has 2 nitrogen and oxygen atoms in total. The average molecular weight is 292 g/mol. The highest BCUT2D eigenvalue weighted by Gasteiger charge is 2.32. The van der Waals surface area contributed by atoms with Crippen molar-refractivity contribution in [2.45, 2.75) is 31.5 Å². The SMILES string of the molecule is FC(F)(F)c1ccc(NCc2cccc(C3CC3)c2)cn1. The fourth-order valence-electron chi connectivity index (χ4n) is 2.24. The number of hydrogen-bond acceptors (Lipinski definition) is 2. The lowest BCUT2D eigenvalue weighted by atomic mass is 10.1. The number of alkyl halides is 3. The van der Waals surface area contributed by atoms with Crippen LogP contribution in [0.3, 0.4) is 0 Å². The molecule has 1 aromatic carbocycles. The monoisotopic (exact) mass is 292 g/mol. The van der Waals surface area contributed by atoms with Crippen LogP contribution in [0, 0.1) is 0 Å². The Morgan fingerprint density at radius 1 is 1.14 bits per heavy atom. The lowest BCUT2D eigenvalue weighted by molar-refractivity contribution is -0.141. The van der Waals surface area contributed by atoms with Gasteiger partial charge in [-0.05, 0) is 42.0 Å². The maximum absolute atomic E-state index is 12.4. The van der Waals surface area contributed by atoms with Gasteiger partial charge in [-0.1, -0.05) is 24.3 Å². The number of anilines is 1. The normalized spacial score (nSPS) is 15.0. The molecule has 1 saturated carbocycles. The first kappa shape index (κ1) is 13.9. The van der Waals surface area contributed by atoms with E-state index >= 15 is 0 Å². The van der Waals surface area contributed by atoms with Crippen molar-refractivity contribution in [2.75, 3.05) is 5.32 Å². The van der Waals surface area contributed by atoms with E-state index in [0.717, 1.165) is 11.6 Å². The van der Waals surface area contributed by atoms with Gasteiger partial charge in [0.25, 0.3) is 0 Å². The van der Waals surface area contributed by atoms with Crippen LogP contribution in [-0.4, -0.2) is 4.98 Å². The summed E-state index contributed by atoms with van der Waals surface area (Å²) in [5.74, 6) is 0.692. The molecule has 0 atom stereocenters. The maximum atomic E-state index is 12.4. The van der Waals surface area contributed by atoms with E-state index in [9.17, 15) is 13.2 Å². The number of nitrogens with zero attached hydrogens (tertiary/aromatic N) is 1. The lowest BCUT2D eigenvalue weighted by Gasteiger charge is -2.09. The van der Waals surface area contributed by atoms with Crippen molar-refractivity contribution in [2.24, 2.45) is 0 Å². The second-order valence-corrected chi connectivity index (χ2v) is 5.30. The van der Waals surface area contributed by atoms with Gasteiger partial charge in [-0.25, -0.2) is 4.98 Å². The first-order valence-corrected chi connectivity index (χ1v) is 6.88. The van der Waals surface area contributed by atoms with Gasteiger partial charge in [0.15, 0.2) is 0 Å². The summed E-state index contributed by atoms with van der Waals surface area (Å²) >= 11 is 0. The molecular formula is C16H15F3N2. The standard InChI is InChI=1S/C16H15F3N2/c17-16(18,19)15-7-6-14(10-21-15)20-9-11-2-1-3-13(8-11)12-4-5-12/h1-3,6-8,10,12,20H,4-5,9H2. The Morgan fingerprint density at radius 2 is 1.95 bits per heavy atom. The average Bonchev–Trinajstić information content (AvgIpc) is 3.30. The summed E-state index contributed by atoms with van der Waals surface area (Å²) in [7, 11) is 0. The molecule has 0 amide bonds. The van der Waals surface area contributed by atoms with Crippen molar-refractivity contribution in [1.82, 2.24) is 4.98 Å². The lowest BCUT2D eigenvalue weighted by Crippen LogP contribution is -2.08. The van der Waals surface area contributed by atoms with E-state index in [4.69, 9.17) is 0 Å². The summed E-state index contributed by atoms with van der Waals surface area (Å²) in [6.07, 6.45) is -0.676. The van der Waals surface area contributed by atoms with Crippen LogP contribution in [0.2, 0.25) is 0 Å². The highest BCUT2D eigenvalue weighted by molar-refractivity contribution is 5.42. The van der Waals surface area contributed by atoms with E-state index in [1.807, 2.05) is 12.1 Å². The van der Waals surface area contributed by atoms with Crippen molar-refractivity contribution in [3.8, 4) is 0 Å². The third-order valence-electron chi connectivity index (χ3n) is 3.55. The summed E-state index contributed by atoms with van der Waals surface area (Å²) in [6.45, 7) is 0.577. The molecule has 0 aliphatic heterocycles. The van der Waals surface area contributed by atoms with E-state index in [-0.39, 0.29) is 0 Å². The molecule has 0 spiro atoms. The van der Waals surface area contributed by atoms with E-state index < -0.39 is 11.9 Å². The zero-order valence-corrected chi connectivity index (χ0v) is 11.3. The Morgan fingerprint density at radius 3 is 2.57 bits per heavy atom. The molecule has 2 aromatic rings. The second-order valence-electron chi connectivity index (χ2n) is 5.30. The molecular weight excluding hydrogens is 277 g/mol. The molecule has 1 heterocycles. The molecule has 0 radical (unpaired) electrons. The third kappa shape index (κ3) is 3.54. The number of halogens is 3. The van der Waals surface area contributed by atoms with Crippen LogP contribution in [0.25, 0.3) is 0 Å². The van der Waals surface area contributed by atoms with E-state index in [1.54, 1.807) is 0 Å². The van der Waals surface area contributed by atoms with Crippen molar-refractivity contribution in [1.29, 1.82) is 0 Å². The first-order valence-electron chi connectivity index (χ1n) is 6.88. The zero-order chi connectivity index (χ0) is 14.9. The van der Waals surface area contributed by atoms with Crippen molar-refractivity contribution in [3.05, 3.63) is 59.4 Å². The molecule has 0 bridgehead atoms. The molecule has 1 N–H and O–H groups in total. The Labute approximate surface area is 121 Å². The smallest absolute Gasteiger partial charge is 0.380 e. The summed E-state index contributed by atoms with van der Waals surface area (Å²) in [6, 6.07) is 10.7. The first-order chi connectivity index (χ1) is 10.0. The molecule has 1 aliphatic rings. The number of rotatable bonds is 4. The van der Waals surface area contributed by atoms with Gasteiger partial charge in [-0.3, -0.25) is 0 Å². The van der Waals surface area contributed by atoms with Gasteiger partial charge in [0.1, 0.15) is 5.69 Å². The maximum Gasteiger partial charge on any atom is 0.433 e. The quantitative estimate of drug-likeness (QED) is 0.891. The Hall–Kier alpha value is -2.04. The number of hydrogen-bond donors (Lipinski definition) is 1. The van der Waals surface area contributed by atoms with Crippen LogP contribution in [0.4, 0.5) is 18.9 Å². The Bertz CT molecular complexity index is 616. The fraction of sp³-hybridized carbons (Fsp3) is 0.312. The van der Waals surface area contributed by atoms with Crippen molar-refractivity contribution < 1.29 is 13.2 Å². The molecule has 1 aromatic heterocycles. The van der Waals surface area contributed by atoms with Crippen LogP contribution < -0.4 is 5.32 Å². The molecule has 110 valence electrons. The number of aromatic nitrogens is 1. The Kier molecular flexibility index (Phi) is 3.57. The van der Waals surface area contributed by atoms with Gasteiger partial charge >= 0.3 is 6.18 Å². The third-order valence-corrected chi connectivity index (χ3v) is 3.55. The van der Waals surface area contributed by atoms with E-state index in [0.29, 0.717) is 18.2 Å². The van der Waals surface area contributed by atoms with Crippen molar-refractivity contribution in [3.63, 3.8) is 0 Å². The van der Waals surface area contributed by atoms with Crippen LogP contribution in [0.1, 0.15) is 35.6 Å². The van der Waals surface area contributed by atoms with Gasteiger partial charge in [0.2, 0.25) is 0 Å². The van der Waals surface area contributed by atoms with E-state index in [2.05, 4.69) is 22.4 Å². The highest BCUT2D eigenvalue weighted by Crippen LogP contribution is 2.40. The second kappa shape index (κ2) is 5.39. The summed E-state index contributed by atoms with van der Waals surface area (Å²) < 4.78 is 37.2. The minimum absolute atomic E-state index is 0.577. The summed E-state index contributed by atoms with van der Waals surface area (Å²) in [5.41, 5.74) is 2.18.